The molecule has 10 aromatic rings. The fourth-order valence-corrected chi connectivity index (χ4v) is 23.5. The van der Waals surface area contributed by atoms with Crippen LogP contribution in [0.15, 0.2) is 182 Å². The van der Waals surface area contributed by atoms with Crippen LogP contribution in [-0.4, -0.2) is 161 Å². The van der Waals surface area contributed by atoms with Crippen molar-refractivity contribution < 1.29 is 103 Å². The number of nitrogens with zero attached hydrogens (tertiary/aromatic N) is 8. The van der Waals surface area contributed by atoms with Crippen LogP contribution in [0.1, 0.15) is 148 Å². The first kappa shape index (κ1) is 94.1. The van der Waals surface area contributed by atoms with Gasteiger partial charge in [-0.15, -0.1) is 0 Å². The molecule has 714 valence electrons. The second-order valence-electron chi connectivity index (χ2n) is 37.1. The summed E-state index contributed by atoms with van der Waals surface area (Å²) < 4.78 is 214. The molecule has 8 aliphatic carbocycles. The average molecular weight is 1930 g/mol. The van der Waals surface area contributed by atoms with Gasteiger partial charge < -0.3 is 50.7 Å². The minimum absolute atomic E-state index is 0.0487. The molecule has 22 rings (SSSR count). The standard InChI is InChI=1S/C27H28F2N4O4S.C23H23F2NO4.C21H19F2NO3.C19H22F2N4O2S.C6H9N3O2S/c1-38(35,36)33-13-17-12-32(14-24(17)31-33)25-11-23(30-27(34)37-15-16-5-3-2-4-6-16)26(20-10-19(20)25)21-9-18(28)7-8-22(21)29;24-15-6-7-19(25)17(10-15)21-16-11-18(16)23(29-8-9-30-23)12-20(21)26-22(27)28-13-14-4-2-1-3-5-14;22-13-6-7-17(23)16(8-13)20-15-9-14(15)19(25)10-18(20)24-21(26)27-11-12-4-2-1-3-5-12;1-28(26,27)25-8-10-7-24(9-17(10)23-25)18-6-16(22)19(13-5-12(13)18)14-4-11(20)2-3-15(14)21;1-12(10,11)9-4-5-2-7-3-6(5)8-9/h2-9,13,19-20,23,25-26H,10-12,14-15H2,1H3,(H,30,34);1-7,10,16,18,20-21H,8-9,11-13H2,(H,26,27);1-8,14-15,18,20H,9-11H2,(H,24,26);2-4,8,12-13,16,18-19H,5-7,9,22H2,1H3;4,7H,2-3H2,1H3/t19-,20+,23-,25+,26+;16-,18+,20+,21-;14-,15+,18-,20+;12-,13+,16-,18+,19+;/m0100./s1. The summed E-state index contributed by atoms with van der Waals surface area (Å²) in [5, 5.41) is 24.0. The highest BCUT2D eigenvalue weighted by Crippen LogP contribution is 2.65. The lowest BCUT2D eigenvalue weighted by Gasteiger charge is -2.41. The van der Waals surface area contributed by atoms with Crippen molar-refractivity contribution in [3.63, 3.8) is 0 Å². The number of aromatic nitrogens is 6. The fourth-order valence-electron chi connectivity index (χ4n) is 21.8. The summed E-state index contributed by atoms with van der Waals surface area (Å²) in [4.78, 5) is 54.3. The topological polar surface area (TPSA) is 351 Å². The van der Waals surface area contributed by atoms with Gasteiger partial charge in [-0.05, 0) is 186 Å². The van der Waals surface area contributed by atoms with E-state index in [1.165, 1.54) is 24.3 Å². The maximum atomic E-state index is 14.9. The van der Waals surface area contributed by atoms with Crippen LogP contribution in [0, 0.1) is 93.9 Å². The first-order valence-corrected chi connectivity index (χ1v) is 50.4. The van der Waals surface area contributed by atoms with Crippen molar-refractivity contribution in [3.8, 4) is 0 Å². The van der Waals surface area contributed by atoms with Crippen LogP contribution in [0.25, 0.3) is 0 Å². The third kappa shape index (κ3) is 21.0. The number of carbonyl (C=O) groups is 4. The minimum Gasteiger partial charge on any atom is -0.445 e. The van der Waals surface area contributed by atoms with Gasteiger partial charge in [0.2, 0.25) is 0 Å². The Hall–Kier alpha value is -11.3. The molecule has 3 amide bonds. The number of fused-ring (bicyclic) bond motifs is 8. The summed E-state index contributed by atoms with van der Waals surface area (Å²) in [7, 11) is -10.0. The van der Waals surface area contributed by atoms with Crippen molar-refractivity contribution in [1.29, 1.82) is 0 Å². The van der Waals surface area contributed by atoms with Crippen LogP contribution in [-0.2, 0) is 118 Å². The minimum atomic E-state index is -3.46. The average Bonchev–Trinajstić information content (AvgIpc) is 1.54. The molecule has 12 aliphatic rings. The number of hydrogen-bond donors (Lipinski definition) is 5. The number of nitrogens with two attached hydrogens (primary N) is 1. The third-order valence-electron chi connectivity index (χ3n) is 28.1. The number of rotatable bonds is 18. The molecule has 28 nitrogen and oxygen atoms in total. The molecule has 1 saturated heterocycles. The molecule has 0 radical (unpaired) electrons. The van der Waals surface area contributed by atoms with Crippen molar-refractivity contribution in [3.05, 3.63) is 302 Å². The van der Waals surface area contributed by atoms with Gasteiger partial charge in [-0.1, -0.05) is 91.0 Å². The zero-order valence-electron chi connectivity index (χ0n) is 73.7. The molecule has 39 heteroatoms. The van der Waals surface area contributed by atoms with Gasteiger partial charge in [0.1, 0.15) is 72.1 Å². The molecule has 8 saturated carbocycles. The number of ketones is 1. The van der Waals surface area contributed by atoms with Gasteiger partial charge in [-0.25, -0.2) is 74.8 Å². The molecule has 18 atom stereocenters. The van der Waals surface area contributed by atoms with E-state index in [2.05, 4.69) is 46.4 Å². The third-order valence-corrected chi connectivity index (χ3v) is 30.7. The smallest absolute Gasteiger partial charge is 0.407 e. The van der Waals surface area contributed by atoms with Gasteiger partial charge in [0.15, 0.2) is 5.79 Å². The van der Waals surface area contributed by atoms with Gasteiger partial charge in [-0.3, -0.25) is 14.6 Å². The second-order valence-corrected chi connectivity index (χ2v) is 42.6. The Bertz CT molecular complexity index is 6420. The Morgan fingerprint density at radius 3 is 1.25 bits per heavy atom. The molecule has 7 aromatic carbocycles. The normalized spacial score (nSPS) is 27.2. The molecular formula is C96H101F8N13O15S3. The van der Waals surface area contributed by atoms with E-state index in [-0.39, 0.29) is 132 Å². The highest BCUT2D eigenvalue weighted by molar-refractivity contribution is 7.89. The van der Waals surface area contributed by atoms with E-state index in [1.807, 2.05) is 91.0 Å². The predicted molar refractivity (Wildman–Crippen MR) is 474 cm³/mol. The zero-order chi connectivity index (χ0) is 94.8. The van der Waals surface area contributed by atoms with E-state index in [0.717, 1.165) is 149 Å². The quantitative estimate of drug-likeness (QED) is 0.0393. The van der Waals surface area contributed by atoms with Crippen molar-refractivity contribution >= 4 is 54.1 Å². The summed E-state index contributed by atoms with van der Waals surface area (Å²) in [5.41, 5.74) is 15.3. The highest BCUT2D eigenvalue weighted by atomic mass is 32.2. The summed E-state index contributed by atoms with van der Waals surface area (Å²) in [5.74, 6) is -4.92. The van der Waals surface area contributed by atoms with Crippen LogP contribution < -0.4 is 27.0 Å². The lowest BCUT2D eigenvalue weighted by Crippen LogP contribution is -2.51. The molecule has 4 aliphatic heterocycles. The lowest BCUT2D eigenvalue weighted by atomic mass is 9.76. The van der Waals surface area contributed by atoms with Crippen molar-refractivity contribution in [1.82, 2.24) is 58.6 Å². The zero-order valence-corrected chi connectivity index (χ0v) is 76.1. The lowest BCUT2D eigenvalue weighted by molar-refractivity contribution is -0.195. The van der Waals surface area contributed by atoms with Crippen LogP contribution in [0.5, 0.6) is 0 Å². The van der Waals surface area contributed by atoms with Crippen LogP contribution >= 0.6 is 0 Å². The Balaban J connectivity index is 0.000000116. The van der Waals surface area contributed by atoms with Gasteiger partial charge in [0.25, 0.3) is 30.1 Å². The number of nitrogens with one attached hydrogen (secondary N) is 4. The maximum Gasteiger partial charge on any atom is 0.407 e. The number of hydrogen-bond acceptors (Lipinski definition) is 22. The van der Waals surface area contributed by atoms with E-state index >= 15 is 0 Å². The molecule has 6 N–H and O–H groups in total. The first-order valence-electron chi connectivity index (χ1n) is 44.9. The second kappa shape index (κ2) is 38.3. The van der Waals surface area contributed by atoms with Gasteiger partial charge in [0.05, 0.1) is 49.1 Å². The SMILES string of the molecule is CS(=O)(=O)n1cc2c(n1)CN([C@@H]1C[C@H](N)[C@@H](c3cc(F)ccc3F)[C@@H]3C[C@@H]31)C2.CS(=O)(=O)n1cc2c(n1)CN([C@@H]1C[C@H](NC(=O)OCc3ccccc3)[C@@H](c3cc(F)ccc3F)[C@@H]3C[C@@H]31)C2.CS(=O)(=O)n1cc2c(n1)CNC2.O=C(N[C@H]1CC(=O)[C@H]2C[C@H]2[C@@H]1c1cc(F)ccc1F)OCc1ccccc1.O=C(N[C@H]1CC2(OCCO2)[C@H]2C[C@H]2[C@@H]1c1cc(F)ccc1F)OCc1ccccc1. The van der Waals surface area contributed by atoms with Gasteiger partial charge >= 0.3 is 18.3 Å². The fraction of sp³-hybridized carbons (Fsp3) is 0.427. The van der Waals surface area contributed by atoms with Crippen molar-refractivity contribution in [2.75, 3.05) is 32.0 Å². The Morgan fingerprint density at radius 1 is 0.437 bits per heavy atom. The van der Waals surface area contributed by atoms with Gasteiger partial charge in [0, 0.05) is 159 Å². The van der Waals surface area contributed by atoms with Crippen LogP contribution in [0.2, 0.25) is 0 Å². The molecule has 7 heterocycles. The monoisotopic (exact) mass is 1920 g/mol. The molecule has 1 spiro atoms. The Kier molecular flexibility index (Phi) is 26.7. The number of benzene rings is 7. The van der Waals surface area contributed by atoms with Crippen molar-refractivity contribution in [2.24, 2.45) is 53.1 Å². The van der Waals surface area contributed by atoms with E-state index < -0.39 is 119 Å². The van der Waals surface area contributed by atoms with E-state index in [1.54, 1.807) is 18.6 Å². The first-order chi connectivity index (χ1) is 64.5. The van der Waals surface area contributed by atoms with Crippen LogP contribution in [0.4, 0.5) is 49.5 Å². The number of Topliss-reactive ketones (excluding diaryl/α,β-unsaturated/α-hetero) is 1. The predicted octanol–water partition coefficient (Wildman–Crippen LogP) is 12.9. The van der Waals surface area contributed by atoms with Crippen LogP contribution in [0.3, 0.4) is 0 Å². The summed E-state index contributed by atoms with van der Waals surface area (Å²) >= 11 is 0. The van der Waals surface area contributed by atoms with Crippen molar-refractivity contribution in [2.45, 2.75) is 176 Å². The molecular weight excluding hydrogens is 1820 g/mol. The highest BCUT2D eigenvalue weighted by Gasteiger charge is 2.66. The number of halogens is 8. The molecule has 9 fully saturated rings. The van der Waals surface area contributed by atoms with E-state index in [9.17, 15) is 79.6 Å². The summed E-state index contributed by atoms with van der Waals surface area (Å²) in [6.07, 6.45) is 11.1. The number of carbonyl (C=O) groups excluding carboxylic acids is 4. The molecule has 3 aromatic heterocycles. The van der Waals surface area contributed by atoms with Gasteiger partial charge in [-0.2, -0.15) is 27.6 Å². The number of ether oxygens (including phenoxy) is 5. The Labute approximate surface area is 774 Å². The molecule has 0 unspecified atom stereocenters. The number of alkyl carbamates (subject to hydrolysis) is 3. The summed E-state index contributed by atoms with van der Waals surface area (Å²) in [6, 6.07) is 40.2. The molecule has 0 bridgehead atoms. The largest absolute Gasteiger partial charge is 0.445 e. The molecule has 135 heavy (non-hydrogen) atoms. The Morgan fingerprint density at radius 2 is 0.822 bits per heavy atom. The van der Waals surface area contributed by atoms with E-state index in [0.29, 0.717) is 89.6 Å². The number of amides is 3. The van der Waals surface area contributed by atoms with E-state index in [4.69, 9.17) is 29.4 Å². The summed E-state index contributed by atoms with van der Waals surface area (Å²) in [6.45, 7) is 4.97. The maximum absolute atomic E-state index is 14.9.